The number of carbonyl (C=O) groups is 1. The minimum absolute atomic E-state index is 0.238. The average Bonchev–Trinajstić information content (AvgIpc) is 3.44. The van der Waals surface area contributed by atoms with Crippen LogP contribution >= 0.6 is 11.8 Å². The molecule has 2 fully saturated rings. The first-order valence-electron chi connectivity index (χ1n) is 8.88. The van der Waals surface area contributed by atoms with Gasteiger partial charge in [0.25, 0.3) is 0 Å². The summed E-state index contributed by atoms with van der Waals surface area (Å²) in [5.41, 5.74) is 0.996. The zero-order valence-corrected chi connectivity index (χ0v) is 14.9. The fraction of sp³-hybridized carbons (Fsp3) is 0.526. The SMILES string of the molecule is C[C@@H]1CCCN(C(=O)CSc2nc(C3CC3)nc3ccccc23)C1. The van der Waals surface area contributed by atoms with Crippen molar-refractivity contribution in [2.45, 2.75) is 43.6 Å². The van der Waals surface area contributed by atoms with E-state index in [1.165, 1.54) is 19.3 Å². The Morgan fingerprint density at radius 3 is 2.88 bits per heavy atom. The van der Waals surface area contributed by atoms with E-state index in [9.17, 15) is 4.79 Å². The van der Waals surface area contributed by atoms with E-state index in [1.807, 2.05) is 23.1 Å². The zero-order valence-electron chi connectivity index (χ0n) is 14.1. The van der Waals surface area contributed by atoms with E-state index in [2.05, 4.69) is 13.0 Å². The maximum atomic E-state index is 12.5. The van der Waals surface area contributed by atoms with Crippen molar-refractivity contribution in [1.82, 2.24) is 14.9 Å². The van der Waals surface area contributed by atoms with Crippen molar-refractivity contribution in [3.8, 4) is 0 Å². The maximum absolute atomic E-state index is 12.5. The van der Waals surface area contributed by atoms with Gasteiger partial charge < -0.3 is 4.90 Å². The number of amides is 1. The highest BCUT2D eigenvalue weighted by molar-refractivity contribution is 8.00. The van der Waals surface area contributed by atoms with Crippen molar-refractivity contribution in [3.05, 3.63) is 30.1 Å². The van der Waals surface area contributed by atoms with Crippen molar-refractivity contribution in [2.75, 3.05) is 18.8 Å². The Morgan fingerprint density at radius 1 is 1.25 bits per heavy atom. The number of aromatic nitrogens is 2. The molecule has 24 heavy (non-hydrogen) atoms. The molecule has 0 N–H and O–H groups in total. The number of para-hydroxylation sites is 1. The second-order valence-corrected chi connectivity index (χ2v) is 8.02. The van der Waals surface area contributed by atoms with Crippen molar-refractivity contribution >= 4 is 28.6 Å². The summed E-state index contributed by atoms with van der Waals surface area (Å²) in [4.78, 5) is 24.0. The molecule has 2 aromatic rings. The smallest absolute Gasteiger partial charge is 0.232 e. The molecule has 4 rings (SSSR count). The third-order valence-electron chi connectivity index (χ3n) is 4.87. The van der Waals surface area contributed by atoms with Crippen LogP contribution in [0.1, 0.15) is 44.3 Å². The minimum atomic E-state index is 0.238. The van der Waals surface area contributed by atoms with Crippen molar-refractivity contribution in [2.24, 2.45) is 5.92 Å². The molecule has 1 saturated heterocycles. The first-order chi connectivity index (χ1) is 11.7. The van der Waals surface area contributed by atoms with Gasteiger partial charge in [-0.3, -0.25) is 4.79 Å². The van der Waals surface area contributed by atoms with E-state index in [1.54, 1.807) is 11.8 Å². The molecule has 126 valence electrons. The fourth-order valence-electron chi connectivity index (χ4n) is 3.34. The highest BCUT2D eigenvalue weighted by Gasteiger charge is 2.28. The number of nitrogens with zero attached hydrogens (tertiary/aromatic N) is 3. The Bertz CT molecular complexity index is 759. The van der Waals surface area contributed by atoms with Gasteiger partial charge in [0.05, 0.1) is 11.3 Å². The van der Waals surface area contributed by atoms with E-state index in [0.717, 1.165) is 41.3 Å². The molecule has 1 atom stereocenters. The predicted molar refractivity (Wildman–Crippen MR) is 97.2 cm³/mol. The molecular formula is C19H23N3OS. The van der Waals surface area contributed by atoms with Gasteiger partial charge in [-0.05, 0) is 37.7 Å². The van der Waals surface area contributed by atoms with Crippen LogP contribution < -0.4 is 0 Å². The zero-order chi connectivity index (χ0) is 16.5. The van der Waals surface area contributed by atoms with E-state index in [-0.39, 0.29) is 5.91 Å². The third-order valence-corrected chi connectivity index (χ3v) is 5.85. The van der Waals surface area contributed by atoms with E-state index in [0.29, 0.717) is 17.6 Å². The lowest BCUT2D eigenvalue weighted by Gasteiger charge is -2.30. The van der Waals surface area contributed by atoms with Crippen LogP contribution in [0.4, 0.5) is 0 Å². The van der Waals surface area contributed by atoms with Gasteiger partial charge in [0, 0.05) is 24.4 Å². The first kappa shape index (κ1) is 15.9. The lowest BCUT2D eigenvalue weighted by molar-refractivity contribution is -0.130. The van der Waals surface area contributed by atoms with Gasteiger partial charge >= 0.3 is 0 Å². The second-order valence-electron chi connectivity index (χ2n) is 7.05. The Kier molecular flexibility index (Phi) is 4.44. The molecule has 2 aliphatic rings. The Hall–Kier alpha value is -1.62. The molecule has 1 aliphatic heterocycles. The van der Waals surface area contributed by atoms with Crippen molar-refractivity contribution < 1.29 is 4.79 Å². The molecule has 4 nitrogen and oxygen atoms in total. The van der Waals surface area contributed by atoms with Crippen LogP contribution in [0.3, 0.4) is 0 Å². The van der Waals surface area contributed by atoms with Gasteiger partial charge in [0.15, 0.2) is 0 Å². The number of rotatable bonds is 4. The van der Waals surface area contributed by atoms with Crippen LogP contribution in [-0.4, -0.2) is 39.6 Å². The van der Waals surface area contributed by atoms with Crippen LogP contribution in [0.25, 0.3) is 10.9 Å². The number of fused-ring (bicyclic) bond motifs is 1. The molecule has 5 heteroatoms. The van der Waals surface area contributed by atoms with E-state index >= 15 is 0 Å². The van der Waals surface area contributed by atoms with Gasteiger partial charge in [-0.2, -0.15) is 0 Å². The summed E-state index contributed by atoms with van der Waals surface area (Å²) in [5, 5.41) is 2.02. The standard InChI is InChI=1S/C19H23N3OS/c1-13-5-4-10-22(11-13)17(23)12-24-19-15-6-2-3-7-16(15)20-18(21-19)14-8-9-14/h2-3,6-7,13-14H,4-5,8-12H2,1H3/t13-/m1/s1. The highest BCUT2D eigenvalue weighted by Crippen LogP contribution is 2.39. The number of benzene rings is 1. The molecule has 0 spiro atoms. The maximum Gasteiger partial charge on any atom is 0.232 e. The fourth-order valence-corrected chi connectivity index (χ4v) is 4.27. The number of thioether (sulfide) groups is 1. The molecule has 1 aromatic heterocycles. The number of hydrogen-bond acceptors (Lipinski definition) is 4. The van der Waals surface area contributed by atoms with Crippen LogP contribution in [0.15, 0.2) is 29.3 Å². The summed E-state index contributed by atoms with van der Waals surface area (Å²) in [6.45, 7) is 4.03. The molecule has 2 heterocycles. The summed E-state index contributed by atoms with van der Waals surface area (Å²) >= 11 is 1.57. The van der Waals surface area contributed by atoms with E-state index < -0.39 is 0 Å². The van der Waals surface area contributed by atoms with E-state index in [4.69, 9.17) is 9.97 Å². The lowest BCUT2D eigenvalue weighted by Crippen LogP contribution is -2.40. The van der Waals surface area contributed by atoms with Gasteiger partial charge in [0.1, 0.15) is 10.9 Å². The third kappa shape index (κ3) is 3.41. The van der Waals surface area contributed by atoms with Crippen molar-refractivity contribution in [1.29, 1.82) is 0 Å². The molecule has 1 saturated carbocycles. The van der Waals surface area contributed by atoms with Gasteiger partial charge in [-0.1, -0.05) is 36.9 Å². The molecule has 1 amide bonds. The summed E-state index contributed by atoms with van der Waals surface area (Å²) in [6, 6.07) is 8.13. The molecule has 1 aliphatic carbocycles. The quantitative estimate of drug-likeness (QED) is 0.626. The summed E-state index contributed by atoms with van der Waals surface area (Å²) in [6.07, 6.45) is 4.73. The lowest BCUT2D eigenvalue weighted by atomic mass is 10.0. The second kappa shape index (κ2) is 6.71. The van der Waals surface area contributed by atoms with Crippen LogP contribution in [0.2, 0.25) is 0 Å². The van der Waals surface area contributed by atoms with Crippen LogP contribution in [0, 0.1) is 5.92 Å². The van der Waals surface area contributed by atoms with Crippen LogP contribution in [-0.2, 0) is 4.79 Å². The molecule has 0 unspecified atom stereocenters. The number of piperidine rings is 1. The summed E-state index contributed by atoms with van der Waals surface area (Å²) in [5.74, 6) is 2.80. The first-order valence-corrected chi connectivity index (χ1v) is 9.86. The topological polar surface area (TPSA) is 46.1 Å². The van der Waals surface area contributed by atoms with Gasteiger partial charge in [0.2, 0.25) is 5.91 Å². The van der Waals surface area contributed by atoms with Crippen molar-refractivity contribution in [3.63, 3.8) is 0 Å². The largest absolute Gasteiger partial charge is 0.342 e. The minimum Gasteiger partial charge on any atom is -0.342 e. The molecular weight excluding hydrogens is 318 g/mol. The normalized spacial score (nSPS) is 21.2. The number of likely N-dealkylation sites (tertiary alicyclic amines) is 1. The Morgan fingerprint density at radius 2 is 2.08 bits per heavy atom. The number of carbonyl (C=O) groups excluding carboxylic acids is 1. The Labute approximate surface area is 147 Å². The predicted octanol–water partition coefficient (Wildman–Crippen LogP) is 3.86. The average molecular weight is 341 g/mol. The van der Waals surface area contributed by atoms with Gasteiger partial charge in [-0.25, -0.2) is 9.97 Å². The number of hydrogen-bond donors (Lipinski definition) is 0. The molecule has 1 aromatic carbocycles. The summed E-state index contributed by atoms with van der Waals surface area (Å²) in [7, 11) is 0. The molecule has 0 bridgehead atoms. The monoisotopic (exact) mass is 341 g/mol. The van der Waals surface area contributed by atoms with Gasteiger partial charge in [-0.15, -0.1) is 0 Å². The Balaban J connectivity index is 1.52. The van der Waals surface area contributed by atoms with Crippen LogP contribution in [0.5, 0.6) is 0 Å². The molecule has 0 radical (unpaired) electrons. The highest BCUT2D eigenvalue weighted by atomic mass is 32.2. The summed E-state index contributed by atoms with van der Waals surface area (Å²) < 4.78 is 0.